The van der Waals surface area contributed by atoms with Crippen molar-refractivity contribution in [2.75, 3.05) is 11.9 Å². The zero-order valence-electron chi connectivity index (χ0n) is 16.8. The molecule has 0 bridgehead atoms. The maximum atomic E-state index is 13.0. The molecule has 0 saturated carbocycles. The van der Waals surface area contributed by atoms with Crippen LogP contribution < -0.4 is 14.8 Å². The van der Waals surface area contributed by atoms with Crippen LogP contribution in [0.2, 0.25) is 0 Å². The Kier molecular flexibility index (Phi) is 5.23. The number of allylic oxidation sites excluding steroid dienone is 1. The molecule has 166 valence electrons. The number of H-pyrrole nitrogens is 1. The second-order valence-electron chi connectivity index (χ2n) is 6.80. The minimum absolute atomic E-state index is 0.121. The smallest absolute Gasteiger partial charge is 0.387 e. The molecule has 10 nitrogen and oxygen atoms in total. The molecule has 1 aliphatic rings. The summed E-state index contributed by atoms with van der Waals surface area (Å²) in [5, 5.41) is 13.5. The van der Waals surface area contributed by atoms with Crippen LogP contribution >= 0.6 is 0 Å². The highest BCUT2D eigenvalue weighted by Crippen LogP contribution is 2.37. The first kappa shape index (κ1) is 20.3. The van der Waals surface area contributed by atoms with Gasteiger partial charge >= 0.3 is 6.61 Å². The highest BCUT2D eigenvalue weighted by Gasteiger charge is 2.21. The Balaban J connectivity index is 1.48. The van der Waals surface area contributed by atoms with Gasteiger partial charge in [0, 0.05) is 18.0 Å². The Bertz CT molecular complexity index is 1390. The number of aliphatic imine (C=N–C) groups is 1. The van der Waals surface area contributed by atoms with Crippen molar-refractivity contribution in [1.29, 1.82) is 0 Å². The summed E-state index contributed by atoms with van der Waals surface area (Å²) >= 11 is 0. The molecule has 1 amide bonds. The number of halogens is 2. The van der Waals surface area contributed by atoms with Crippen LogP contribution in [0.1, 0.15) is 10.4 Å². The second kappa shape index (κ2) is 8.49. The number of alkyl halides is 2. The predicted molar refractivity (Wildman–Crippen MR) is 114 cm³/mol. The summed E-state index contributed by atoms with van der Waals surface area (Å²) in [6.45, 7) is -2.55. The fourth-order valence-electron chi connectivity index (χ4n) is 3.27. The highest BCUT2D eigenvalue weighted by molar-refractivity contribution is 6.09. The molecular weight excluding hydrogens is 436 g/mol. The zero-order valence-corrected chi connectivity index (χ0v) is 16.8. The number of ether oxygens (including phenoxy) is 2. The number of aromatic nitrogens is 5. The third kappa shape index (κ3) is 4.13. The Labute approximate surface area is 184 Å². The lowest BCUT2D eigenvalue weighted by Crippen LogP contribution is -2.12. The number of hydrogen-bond donors (Lipinski definition) is 2. The minimum Gasteiger partial charge on any atom is -0.456 e. The monoisotopic (exact) mass is 451 g/mol. The SMILES string of the molecule is O=C(Nc1cn[nH]c1-c1cc(OC2=CCN=C2)ccc1OC(F)F)c1cnn2cccnc12. The van der Waals surface area contributed by atoms with Crippen LogP contribution in [0.15, 0.2) is 65.9 Å². The van der Waals surface area contributed by atoms with E-state index in [9.17, 15) is 13.6 Å². The minimum atomic E-state index is -3.05. The molecule has 4 aromatic rings. The third-order valence-electron chi connectivity index (χ3n) is 4.70. The van der Waals surface area contributed by atoms with E-state index < -0.39 is 12.5 Å². The van der Waals surface area contributed by atoms with E-state index in [-0.39, 0.29) is 28.3 Å². The first-order valence-corrected chi connectivity index (χ1v) is 9.68. The number of rotatable bonds is 7. The topological polar surface area (TPSA) is 119 Å². The molecule has 33 heavy (non-hydrogen) atoms. The summed E-state index contributed by atoms with van der Waals surface area (Å²) in [5.74, 6) is 0.276. The number of nitrogens with zero attached hydrogens (tertiary/aromatic N) is 5. The first-order valence-electron chi connectivity index (χ1n) is 9.68. The predicted octanol–water partition coefficient (Wildman–Crippen LogP) is 3.32. The quantitative estimate of drug-likeness (QED) is 0.445. The molecule has 0 saturated heterocycles. The first-order chi connectivity index (χ1) is 16.1. The largest absolute Gasteiger partial charge is 0.456 e. The molecule has 4 heterocycles. The number of nitrogens with one attached hydrogen (secondary N) is 2. The van der Waals surface area contributed by atoms with Gasteiger partial charge in [0.2, 0.25) is 0 Å². The van der Waals surface area contributed by atoms with Gasteiger partial charge in [-0.3, -0.25) is 14.9 Å². The molecule has 0 radical (unpaired) electrons. The number of aromatic amines is 1. The zero-order chi connectivity index (χ0) is 22.8. The van der Waals surface area contributed by atoms with Crippen molar-refractivity contribution in [3.63, 3.8) is 0 Å². The lowest BCUT2D eigenvalue weighted by molar-refractivity contribution is -0.0494. The van der Waals surface area contributed by atoms with E-state index in [1.54, 1.807) is 30.8 Å². The van der Waals surface area contributed by atoms with E-state index in [4.69, 9.17) is 4.74 Å². The molecule has 0 aliphatic carbocycles. The van der Waals surface area contributed by atoms with Crippen molar-refractivity contribution >= 4 is 23.5 Å². The summed E-state index contributed by atoms with van der Waals surface area (Å²) in [4.78, 5) is 21.1. The van der Waals surface area contributed by atoms with Crippen molar-refractivity contribution in [3.8, 4) is 22.8 Å². The van der Waals surface area contributed by atoms with Crippen LogP contribution in [0.25, 0.3) is 16.9 Å². The fraction of sp³-hybridized carbons (Fsp3) is 0.0952. The van der Waals surface area contributed by atoms with Crippen molar-refractivity contribution in [2.45, 2.75) is 6.61 Å². The third-order valence-corrected chi connectivity index (χ3v) is 4.70. The Morgan fingerprint density at radius 1 is 1.27 bits per heavy atom. The van der Waals surface area contributed by atoms with Gasteiger partial charge in [-0.15, -0.1) is 0 Å². The van der Waals surface area contributed by atoms with Crippen LogP contribution in [0.3, 0.4) is 0 Å². The molecule has 12 heteroatoms. The van der Waals surface area contributed by atoms with Crippen molar-refractivity contribution in [1.82, 2.24) is 24.8 Å². The molecule has 2 N–H and O–H groups in total. The maximum Gasteiger partial charge on any atom is 0.387 e. The van der Waals surface area contributed by atoms with Gasteiger partial charge in [-0.05, 0) is 30.3 Å². The molecule has 1 aliphatic heterocycles. The lowest BCUT2D eigenvalue weighted by Gasteiger charge is -2.13. The highest BCUT2D eigenvalue weighted by atomic mass is 19.3. The van der Waals surface area contributed by atoms with E-state index in [0.717, 1.165) is 0 Å². The fourth-order valence-corrected chi connectivity index (χ4v) is 3.27. The summed E-state index contributed by atoms with van der Waals surface area (Å²) in [7, 11) is 0. The van der Waals surface area contributed by atoms with Crippen LogP contribution in [-0.4, -0.2) is 50.1 Å². The van der Waals surface area contributed by atoms with Crippen LogP contribution in [0.5, 0.6) is 11.5 Å². The van der Waals surface area contributed by atoms with Gasteiger partial charge < -0.3 is 14.8 Å². The summed E-state index contributed by atoms with van der Waals surface area (Å²) < 4.78 is 37.9. The van der Waals surface area contributed by atoms with E-state index in [1.807, 2.05) is 0 Å². The van der Waals surface area contributed by atoms with Crippen molar-refractivity contribution in [3.05, 3.63) is 66.5 Å². The maximum absolute atomic E-state index is 13.0. The van der Waals surface area contributed by atoms with Gasteiger partial charge in [-0.1, -0.05) is 0 Å². The average molecular weight is 451 g/mol. The molecule has 0 unspecified atom stereocenters. The standard InChI is InChI=1S/C21H15F2N7O3/c22-21(23)33-17-3-2-12(32-13-4-6-24-9-13)8-14(17)18-16(11-26-29-18)28-20(31)15-10-27-30-7-1-5-25-19(15)30/h1-5,7-11,21H,6H2,(H,26,29)(H,28,31). The van der Waals surface area contributed by atoms with E-state index in [1.165, 1.54) is 35.1 Å². The Morgan fingerprint density at radius 3 is 3.00 bits per heavy atom. The summed E-state index contributed by atoms with van der Waals surface area (Å²) in [6.07, 6.45) is 9.28. The summed E-state index contributed by atoms with van der Waals surface area (Å²) in [5.41, 5.74) is 1.31. The van der Waals surface area contributed by atoms with Gasteiger partial charge in [-0.2, -0.15) is 19.0 Å². The van der Waals surface area contributed by atoms with Gasteiger partial charge in [0.1, 0.15) is 22.8 Å². The lowest BCUT2D eigenvalue weighted by atomic mass is 10.1. The Hall–Kier alpha value is -4.61. The molecule has 3 aromatic heterocycles. The molecule has 1 aromatic carbocycles. The van der Waals surface area contributed by atoms with Crippen molar-refractivity contribution < 1.29 is 23.0 Å². The number of benzene rings is 1. The number of anilines is 1. The number of carbonyl (C=O) groups excluding carboxylic acids is 1. The van der Waals surface area contributed by atoms with E-state index >= 15 is 0 Å². The van der Waals surface area contributed by atoms with E-state index in [0.29, 0.717) is 23.7 Å². The molecule has 0 atom stereocenters. The van der Waals surface area contributed by atoms with Gasteiger partial charge in [0.25, 0.3) is 5.91 Å². The Morgan fingerprint density at radius 2 is 2.18 bits per heavy atom. The second-order valence-corrected chi connectivity index (χ2v) is 6.80. The number of amides is 1. The molecular formula is C21H15F2N7O3. The molecule has 5 rings (SSSR count). The van der Waals surface area contributed by atoms with Crippen LogP contribution in [0, 0.1) is 0 Å². The molecule has 0 spiro atoms. The number of fused-ring (bicyclic) bond motifs is 1. The van der Waals surface area contributed by atoms with Crippen LogP contribution in [0.4, 0.5) is 14.5 Å². The number of carbonyl (C=O) groups is 1. The normalized spacial score (nSPS) is 12.9. The van der Waals surface area contributed by atoms with Gasteiger partial charge in [0.15, 0.2) is 5.65 Å². The summed E-state index contributed by atoms with van der Waals surface area (Å²) in [6, 6.07) is 6.03. The van der Waals surface area contributed by atoms with Gasteiger partial charge in [-0.25, -0.2) is 9.50 Å². The average Bonchev–Trinajstić information content (AvgIpc) is 3.55. The van der Waals surface area contributed by atoms with E-state index in [2.05, 4.69) is 35.3 Å². The van der Waals surface area contributed by atoms with Crippen molar-refractivity contribution in [2.24, 2.45) is 4.99 Å². The van der Waals surface area contributed by atoms with Crippen LogP contribution in [-0.2, 0) is 0 Å². The number of hydrogen-bond acceptors (Lipinski definition) is 7. The molecule has 0 fully saturated rings. The van der Waals surface area contributed by atoms with Gasteiger partial charge in [0.05, 0.1) is 36.5 Å².